The van der Waals surface area contributed by atoms with Gasteiger partial charge in [0.25, 0.3) is 0 Å². The molecule has 15 heavy (non-hydrogen) atoms. The average molecular weight is 320 g/mol. The van der Waals surface area contributed by atoms with Crippen LogP contribution in [0.5, 0.6) is 0 Å². The second kappa shape index (κ2) is 3.71. The van der Waals surface area contributed by atoms with Crippen molar-refractivity contribution in [2.24, 2.45) is 0 Å². The molecule has 1 aromatic heterocycles. The minimum absolute atomic E-state index is 0.290. The van der Waals surface area contributed by atoms with Crippen LogP contribution in [0.1, 0.15) is 25.3 Å². The summed E-state index contributed by atoms with van der Waals surface area (Å²) in [6.45, 7) is 1.48. The molecule has 1 aromatic rings. The van der Waals surface area contributed by atoms with Crippen molar-refractivity contribution in [2.45, 2.75) is 31.1 Å². The quantitative estimate of drug-likeness (QED) is 0.742. The van der Waals surface area contributed by atoms with Crippen LogP contribution in [0.3, 0.4) is 0 Å². The van der Waals surface area contributed by atoms with E-state index in [1.54, 1.807) is 0 Å². The van der Waals surface area contributed by atoms with Crippen LogP contribution in [-0.4, -0.2) is 28.8 Å². The zero-order valence-corrected chi connectivity index (χ0v) is 10.5. The fourth-order valence-electron chi connectivity index (χ4n) is 2.45. The van der Waals surface area contributed by atoms with Gasteiger partial charge in [0.1, 0.15) is 3.70 Å². The SMILES string of the molecule is Ic1ccn(C2CCC3(C2)OCCO3)n1. The highest BCUT2D eigenvalue weighted by atomic mass is 127. The number of rotatable bonds is 1. The van der Waals surface area contributed by atoms with E-state index in [1.807, 2.05) is 16.9 Å². The van der Waals surface area contributed by atoms with Gasteiger partial charge in [-0.15, -0.1) is 0 Å². The Balaban J connectivity index is 1.75. The minimum Gasteiger partial charge on any atom is -0.347 e. The molecule has 2 heterocycles. The summed E-state index contributed by atoms with van der Waals surface area (Å²) in [5.74, 6) is -0.290. The van der Waals surface area contributed by atoms with E-state index in [1.165, 1.54) is 0 Å². The van der Waals surface area contributed by atoms with Crippen molar-refractivity contribution in [3.63, 3.8) is 0 Å². The number of ether oxygens (including phenoxy) is 2. The summed E-state index contributed by atoms with van der Waals surface area (Å²) in [7, 11) is 0. The molecule has 4 nitrogen and oxygen atoms in total. The lowest BCUT2D eigenvalue weighted by Crippen LogP contribution is -2.26. The monoisotopic (exact) mass is 320 g/mol. The lowest BCUT2D eigenvalue weighted by molar-refractivity contribution is -0.152. The van der Waals surface area contributed by atoms with Gasteiger partial charge in [0.15, 0.2) is 5.79 Å². The normalized spacial score (nSPS) is 29.0. The number of aromatic nitrogens is 2. The van der Waals surface area contributed by atoms with Gasteiger partial charge in [-0.05, 0) is 35.1 Å². The van der Waals surface area contributed by atoms with Gasteiger partial charge < -0.3 is 9.47 Å². The molecule has 3 rings (SSSR count). The van der Waals surface area contributed by atoms with Gasteiger partial charge >= 0.3 is 0 Å². The van der Waals surface area contributed by atoms with Crippen molar-refractivity contribution in [3.05, 3.63) is 16.0 Å². The molecule has 1 saturated heterocycles. The second-order valence-corrected chi connectivity index (χ2v) is 5.23. The molecule has 2 fully saturated rings. The van der Waals surface area contributed by atoms with Gasteiger partial charge in [0, 0.05) is 19.0 Å². The van der Waals surface area contributed by atoms with Crippen LogP contribution in [0, 0.1) is 3.70 Å². The maximum atomic E-state index is 5.69. The zero-order chi connectivity index (χ0) is 10.3. The standard InChI is InChI=1S/C10H13IN2O2/c11-9-2-4-13(12-9)8-1-3-10(7-8)14-5-6-15-10/h2,4,8H,1,3,5-7H2. The maximum Gasteiger partial charge on any atom is 0.170 e. The number of hydrogen-bond donors (Lipinski definition) is 0. The van der Waals surface area contributed by atoms with Crippen molar-refractivity contribution in [1.82, 2.24) is 9.78 Å². The third-order valence-corrected chi connectivity index (χ3v) is 3.74. The van der Waals surface area contributed by atoms with Crippen LogP contribution in [0.15, 0.2) is 12.3 Å². The highest BCUT2D eigenvalue weighted by Gasteiger charge is 2.44. The van der Waals surface area contributed by atoms with Crippen LogP contribution in [-0.2, 0) is 9.47 Å². The molecule has 0 N–H and O–H groups in total. The van der Waals surface area contributed by atoms with Gasteiger partial charge in [-0.1, -0.05) is 0 Å². The molecule has 1 saturated carbocycles. The molecule has 0 bridgehead atoms. The third kappa shape index (κ3) is 1.81. The molecule has 82 valence electrons. The molecule has 5 heteroatoms. The summed E-state index contributed by atoms with van der Waals surface area (Å²) < 4.78 is 14.5. The highest BCUT2D eigenvalue weighted by molar-refractivity contribution is 14.1. The fraction of sp³-hybridized carbons (Fsp3) is 0.700. The second-order valence-electron chi connectivity index (χ2n) is 4.12. The van der Waals surface area contributed by atoms with Crippen LogP contribution >= 0.6 is 22.6 Å². The Labute approximate surface area is 102 Å². The van der Waals surface area contributed by atoms with E-state index in [4.69, 9.17) is 9.47 Å². The number of hydrogen-bond acceptors (Lipinski definition) is 3. The summed E-state index contributed by atoms with van der Waals surface area (Å²) in [4.78, 5) is 0. The molecule has 1 atom stereocenters. The van der Waals surface area contributed by atoms with Gasteiger partial charge in [0.2, 0.25) is 0 Å². The summed E-state index contributed by atoms with van der Waals surface area (Å²) in [5.41, 5.74) is 0. The van der Waals surface area contributed by atoms with E-state index in [-0.39, 0.29) is 5.79 Å². The van der Waals surface area contributed by atoms with E-state index in [9.17, 15) is 0 Å². The molecule has 1 aliphatic carbocycles. The largest absolute Gasteiger partial charge is 0.347 e. The molecule has 2 aliphatic rings. The molecule has 1 aliphatic heterocycles. The summed E-state index contributed by atoms with van der Waals surface area (Å²) >= 11 is 2.23. The molecule has 1 spiro atoms. The minimum atomic E-state index is -0.290. The first-order chi connectivity index (χ1) is 7.27. The Bertz CT molecular complexity index is 360. The fourth-order valence-corrected chi connectivity index (χ4v) is 2.86. The Morgan fingerprint density at radius 2 is 2.27 bits per heavy atom. The third-order valence-electron chi connectivity index (χ3n) is 3.17. The Kier molecular flexibility index (Phi) is 2.48. The van der Waals surface area contributed by atoms with Gasteiger partial charge in [-0.25, -0.2) is 0 Å². The average Bonchev–Trinajstić information content (AvgIpc) is 2.90. The smallest absolute Gasteiger partial charge is 0.170 e. The first-order valence-electron chi connectivity index (χ1n) is 5.26. The van der Waals surface area contributed by atoms with E-state index in [0.717, 1.165) is 36.2 Å². The van der Waals surface area contributed by atoms with Crippen LogP contribution in [0.4, 0.5) is 0 Å². The van der Waals surface area contributed by atoms with Crippen molar-refractivity contribution >= 4 is 22.6 Å². The molecule has 0 amide bonds. The highest BCUT2D eigenvalue weighted by Crippen LogP contribution is 2.42. The van der Waals surface area contributed by atoms with Crippen molar-refractivity contribution in [3.8, 4) is 0 Å². The molecule has 0 radical (unpaired) electrons. The lowest BCUT2D eigenvalue weighted by atomic mass is 10.2. The van der Waals surface area contributed by atoms with E-state index in [0.29, 0.717) is 6.04 Å². The first-order valence-corrected chi connectivity index (χ1v) is 6.34. The van der Waals surface area contributed by atoms with Gasteiger partial charge in [0.05, 0.1) is 19.3 Å². The lowest BCUT2D eigenvalue weighted by Gasteiger charge is -2.21. The predicted octanol–water partition coefficient (Wildman–Crippen LogP) is 1.96. The Morgan fingerprint density at radius 3 is 2.93 bits per heavy atom. The van der Waals surface area contributed by atoms with Gasteiger partial charge in [-0.2, -0.15) is 5.10 Å². The maximum absolute atomic E-state index is 5.69. The van der Waals surface area contributed by atoms with Crippen LogP contribution in [0.25, 0.3) is 0 Å². The zero-order valence-electron chi connectivity index (χ0n) is 8.36. The topological polar surface area (TPSA) is 36.3 Å². The number of halogens is 1. The van der Waals surface area contributed by atoms with E-state index in [2.05, 4.69) is 27.7 Å². The summed E-state index contributed by atoms with van der Waals surface area (Å²) in [5, 5.41) is 4.44. The van der Waals surface area contributed by atoms with Gasteiger partial charge in [-0.3, -0.25) is 4.68 Å². The van der Waals surface area contributed by atoms with Crippen LogP contribution in [0.2, 0.25) is 0 Å². The first kappa shape index (κ1) is 10.0. The molecule has 0 aromatic carbocycles. The van der Waals surface area contributed by atoms with Crippen LogP contribution < -0.4 is 0 Å². The van der Waals surface area contributed by atoms with Crippen molar-refractivity contribution in [1.29, 1.82) is 0 Å². The predicted molar refractivity (Wildman–Crippen MR) is 62.5 cm³/mol. The molecule has 1 unspecified atom stereocenters. The summed E-state index contributed by atoms with van der Waals surface area (Å²) in [6, 6.07) is 2.47. The van der Waals surface area contributed by atoms with E-state index >= 15 is 0 Å². The number of nitrogens with zero attached hydrogens (tertiary/aromatic N) is 2. The summed E-state index contributed by atoms with van der Waals surface area (Å²) in [6.07, 6.45) is 5.07. The Hall–Kier alpha value is -0.140. The Morgan fingerprint density at radius 1 is 1.47 bits per heavy atom. The van der Waals surface area contributed by atoms with Crippen molar-refractivity contribution in [2.75, 3.05) is 13.2 Å². The van der Waals surface area contributed by atoms with Crippen molar-refractivity contribution < 1.29 is 9.47 Å². The molecular formula is C10H13IN2O2. The molecular weight excluding hydrogens is 307 g/mol. The van der Waals surface area contributed by atoms with E-state index < -0.39 is 0 Å².